The minimum Gasteiger partial charge on any atom is -0.478 e. The molecular formula is C14H18N2O3. The van der Waals surface area contributed by atoms with E-state index in [0.29, 0.717) is 11.1 Å². The molecule has 0 aliphatic carbocycles. The number of carbonyl (C=O) groups excluding carboxylic acids is 1. The summed E-state index contributed by atoms with van der Waals surface area (Å²) in [5, 5.41) is 11.4. The molecule has 0 saturated heterocycles. The predicted octanol–water partition coefficient (Wildman–Crippen LogP) is 2.10. The fraction of sp³-hybridized carbons (Fsp3) is 0.357. The average molecular weight is 262 g/mol. The van der Waals surface area contributed by atoms with Crippen molar-refractivity contribution in [3.63, 3.8) is 0 Å². The van der Waals surface area contributed by atoms with Crippen LogP contribution in [0.1, 0.15) is 42.6 Å². The second kappa shape index (κ2) is 7.31. The number of nitrogens with one attached hydrogen (secondary N) is 1. The van der Waals surface area contributed by atoms with Gasteiger partial charge >= 0.3 is 5.97 Å². The van der Waals surface area contributed by atoms with E-state index in [1.54, 1.807) is 6.07 Å². The van der Waals surface area contributed by atoms with Crippen molar-refractivity contribution in [2.24, 2.45) is 0 Å². The highest BCUT2D eigenvalue weighted by Crippen LogP contribution is 2.06. The molecule has 2 N–H and O–H groups in total. The smallest absolute Gasteiger partial charge is 0.328 e. The molecule has 1 aromatic heterocycles. The average Bonchev–Trinajstić information content (AvgIpc) is 2.37. The Bertz CT molecular complexity index is 483. The molecule has 0 spiro atoms. The number of aliphatic carboxylic acids is 1. The number of pyridine rings is 1. The summed E-state index contributed by atoms with van der Waals surface area (Å²) in [6.07, 6.45) is 7.30. The lowest BCUT2D eigenvalue weighted by molar-refractivity contribution is -0.131. The van der Waals surface area contributed by atoms with Crippen molar-refractivity contribution in [2.75, 3.05) is 0 Å². The first kappa shape index (κ1) is 14.9. The van der Waals surface area contributed by atoms with E-state index in [1.165, 1.54) is 18.5 Å². The largest absolute Gasteiger partial charge is 0.478 e. The number of hydrogen-bond donors (Lipinski definition) is 2. The Kier molecular flexibility index (Phi) is 5.73. The van der Waals surface area contributed by atoms with Gasteiger partial charge in [0.25, 0.3) is 5.91 Å². The van der Waals surface area contributed by atoms with Gasteiger partial charge in [-0.05, 0) is 31.1 Å². The van der Waals surface area contributed by atoms with E-state index in [9.17, 15) is 9.59 Å². The number of nitrogens with zero attached hydrogens (tertiary/aromatic N) is 1. The summed E-state index contributed by atoms with van der Waals surface area (Å²) < 4.78 is 0. The molecule has 1 atom stereocenters. The summed E-state index contributed by atoms with van der Waals surface area (Å²) in [5.41, 5.74) is 1.01. The number of carboxylic acid groups (broad SMARTS) is 1. The first-order chi connectivity index (χ1) is 9.02. The van der Waals surface area contributed by atoms with Crippen LogP contribution in [0.3, 0.4) is 0 Å². The SMILES string of the molecule is CCCC(C)NC(=O)c1cncc(/C=C/C(=O)O)c1. The van der Waals surface area contributed by atoms with Crippen molar-refractivity contribution in [3.05, 3.63) is 35.7 Å². The molecule has 1 aromatic rings. The zero-order chi connectivity index (χ0) is 14.3. The van der Waals surface area contributed by atoms with Gasteiger partial charge < -0.3 is 10.4 Å². The monoisotopic (exact) mass is 262 g/mol. The molecule has 1 heterocycles. The van der Waals surface area contributed by atoms with Crippen LogP contribution < -0.4 is 5.32 Å². The van der Waals surface area contributed by atoms with Gasteiger partial charge in [-0.1, -0.05) is 13.3 Å². The Morgan fingerprint density at radius 2 is 2.21 bits per heavy atom. The molecule has 0 aromatic carbocycles. The van der Waals surface area contributed by atoms with Crippen LogP contribution in [0.4, 0.5) is 0 Å². The fourth-order valence-electron chi connectivity index (χ4n) is 1.65. The molecule has 0 saturated carbocycles. The maximum absolute atomic E-state index is 11.9. The first-order valence-electron chi connectivity index (χ1n) is 6.20. The normalized spacial score (nSPS) is 12.3. The van der Waals surface area contributed by atoms with Crippen LogP contribution in [0, 0.1) is 0 Å². The molecule has 5 heteroatoms. The third-order valence-corrected chi connectivity index (χ3v) is 2.54. The van der Waals surface area contributed by atoms with E-state index >= 15 is 0 Å². The summed E-state index contributed by atoms with van der Waals surface area (Å²) in [7, 11) is 0. The lowest BCUT2D eigenvalue weighted by Gasteiger charge is -2.12. The Balaban J connectivity index is 2.75. The van der Waals surface area contributed by atoms with Crippen LogP contribution in [0.15, 0.2) is 24.5 Å². The van der Waals surface area contributed by atoms with E-state index < -0.39 is 5.97 Å². The van der Waals surface area contributed by atoms with E-state index in [4.69, 9.17) is 5.11 Å². The lowest BCUT2D eigenvalue weighted by atomic mass is 10.1. The van der Waals surface area contributed by atoms with Gasteiger partial charge in [-0.15, -0.1) is 0 Å². The molecule has 1 rings (SSSR count). The lowest BCUT2D eigenvalue weighted by Crippen LogP contribution is -2.32. The number of rotatable bonds is 6. The van der Waals surface area contributed by atoms with E-state index in [2.05, 4.69) is 17.2 Å². The Hall–Kier alpha value is -2.17. The molecule has 0 aliphatic heterocycles. The molecule has 0 fully saturated rings. The molecule has 0 radical (unpaired) electrons. The van der Waals surface area contributed by atoms with Crippen LogP contribution in [0.25, 0.3) is 6.08 Å². The first-order valence-corrected chi connectivity index (χ1v) is 6.20. The molecular weight excluding hydrogens is 244 g/mol. The molecule has 0 aliphatic rings. The van der Waals surface area contributed by atoms with Gasteiger partial charge in [-0.2, -0.15) is 0 Å². The number of carbonyl (C=O) groups is 2. The highest BCUT2D eigenvalue weighted by Gasteiger charge is 2.09. The highest BCUT2D eigenvalue weighted by atomic mass is 16.4. The Morgan fingerprint density at radius 1 is 1.47 bits per heavy atom. The minimum absolute atomic E-state index is 0.107. The molecule has 1 amide bonds. The maximum atomic E-state index is 11.9. The standard InChI is InChI=1S/C14H18N2O3/c1-3-4-10(2)16-14(19)12-7-11(8-15-9-12)5-6-13(17)18/h5-10H,3-4H2,1-2H3,(H,16,19)(H,17,18)/b6-5+. The second-order valence-electron chi connectivity index (χ2n) is 4.34. The topological polar surface area (TPSA) is 79.3 Å². The zero-order valence-corrected chi connectivity index (χ0v) is 11.1. The van der Waals surface area contributed by atoms with Gasteiger partial charge in [0.2, 0.25) is 0 Å². The van der Waals surface area contributed by atoms with Crippen molar-refractivity contribution in [2.45, 2.75) is 32.7 Å². The molecule has 102 valence electrons. The number of hydrogen-bond acceptors (Lipinski definition) is 3. The minimum atomic E-state index is -1.04. The summed E-state index contributed by atoms with van der Waals surface area (Å²) >= 11 is 0. The van der Waals surface area contributed by atoms with Gasteiger partial charge in [0, 0.05) is 24.5 Å². The van der Waals surface area contributed by atoms with Crippen LogP contribution >= 0.6 is 0 Å². The van der Waals surface area contributed by atoms with Crippen LogP contribution in [-0.2, 0) is 4.79 Å². The summed E-state index contributed by atoms with van der Waals surface area (Å²) in [4.78, 5) is 26.3. The Morgan fingerprint density at radius 3 is 2.84 bits per heavy atom. The number of aromatic nitrogens is 1. The van der Waals surface area contributed by atoms with Gasteiger partial charge in [-0.3, -0.25) is 9.78 Å². The third-order valence-electron chi connectivity index (χ3n) is 2.54. The zero-order valence-electron chi connectivity index (χ0n) is 11.1. The van der Waals surface area contributed by atoms with Crippen molar-refractivity contribution < 1.29 is 14.7 Å². The molecule has 0 bridgehead atoms. The van der Waals surface area contributed by atoms with Crippen molar-refractivity contribution in [1.29, 1.82) is 0 Å². The molecule has 19 heavy (non-hydrogen) atoms. The van der Waals surface area contributed by atoms with Gasteiger partial charge in [0.05, 0.1) is 5.56 Å². The van der Waals surface area contributed by atoms with Crippen LogP contribution in [-0.4, -0.2) is 28.0 Å². The molecule has 1 unspecified atom stereocenters. The third kappa shape index (κ3) is 5.33. The van der Waals surface area contributed by atoms with Gasteiger partial charge in [0.15, 0.2) is 0 Å². The van der Waals surface area contributed by atoms with Crippen molar-refractivity contribution in [1.82, 2.24) is 10.3 Å². The van der Waals surface area contributed by atoms with E-state index in [-0.39, 0.29) is 11.9 Å². The summed E-state index contributed by atoms with van der Waals surface area (Å²) in [6.45, 7) is 4.00. The van der Waals surface area contributed by atoms with E-state index in [0.717, 1.165) is 18.9 Å². The summed E-state index contributed by atoms with van der Waals surface area (Å²) in [5.74, 6) is -1.23. The van der Waals surface area contributed by atoms with Crippen LogP contribution in [0.2, 0.25) is 0 Å². The van der Waals surface area contributed by atoms with Crippen LogP contribution in [0.5, 0.6) is 0 Å². The quantitative estimate of drug-likeness (QED) is 0.769. The highest BCUT2D eigenvalue weighted by molar-refractivity contribution is 5.95. The van der Waals surface area contributed by atoms with Crippen molar-refractivity contribution in [3.8, 4) is 0 Å². The van der Waals surface area contributed by atoms with E-state index in [1.807, 2.05) is 6.92 Å². The summed E-state index contributed by atoms with van der Waals surface area (Å²) in [6, 6.07) is 1.72. The second-order valence-corrected chi connectivity index (χ2v) is 4.34. The molecule has 5 nitrogen and oxygen atoms in total. The van der Waals surface area contributed by atoms with Gasteiger partial charge in [0.1, 0.15) is 0 Å². The fourth-order valence-corrected chi connectivity index (χ4v) is 1.65. The maximum Gasteiger partial charge on any atom is 0.328 e. The van der Waals surface area contributed by atoms with Gasteiger partial charge in [-0.25, -0.2) is 4.79 Å². The Labute approximate surface area is 112 Å². The number of amides is 1. The predicted molar refractivity (Wildman–Crippen MR) is 72.7 cm³/mol. The number of carboxylic acids is 1. The van der Waals surface area contributed by atoms with Crippen molar-refractivity contribution >= 4 is 18.0 Å².